The van der Waals surface area contributed by atoms with Crippen LogP contribution in [-0.4, -0.2) is 56.6 Å². The molecule has 24 heavy (non-hydrogen) atoms. The molecule has 0 N–H and O–H groups in total. The van der Waals surface area contributed by atoms with Crippen molar-refractivity contribution >= 4 is 17.7 Å². The lowest BCUT2D eigenvalue weighted by Crippen LogP contribution is -2.55. The van der Waals surface area contributed by atoms with Crippen LogP contribution in [0.5, 0.6) is 0 Å². The van der Waals surface area contributed by atoms with E-state index in [0.717, 1.165) is 36.9 Å². The molecular formula is C17H26N4O2S. The highest BCUT2D eigenvalue weighted by atomic mass is 32.2. The number of nitrogens with zero attached hydrogens (tertiary/aromatic N) is 4. The number of fused-ring (bicyclic) bond motifs is 1. The van der Waals surface area contributed by atoms with Crippen LogP contribution in [0.3, 0.4) is 0 Å². The number of aromatic nitrogens is 3. The van der Waals surface area contributed by atoms with E-state index in [1.165, 1.54) is 37.4 Å². The second-order valence-electron chi connectivity index (χ2n) is 7.00. The molecule has 132 valence electrons. The second-order valence-corrected chi connectivity index (χ2v) is 7.94. The molecule has 7 heteroatoms. The highest BCUT2D eigenvalue weighted by molar-refractivity contribution is 7.99. The van der Waals surface area contributed by atoms with Crippen LogP contribution >= 0.6 is 11.8 Å². The predicted octanol–water partition coefficient (Wildman–Crippen LogP) is 2.44. The topological polar surface area (TPSA) is 60.2 Å². The third kappa shape index (κ3) is 3.20. The zero-order valence-electron chi connectivity index (χ0n) is 14.3. The van der Waals surface area contributed by atoms with Crippen LogP contribution in [0.4, 0.5) is 0 Å². The van der Waals surface area contributed by atoms with Gasteiger partial charge in [0.15, 0.2) is 5.16 Å². The maximum absolute atomic E-state index is 12.8. The first kappa shape index (κ1) is 16.4. The Kier molecular flexibility index (Phi) is 4.81. The van der Waals surface area contributed by atoms with Crippen molar-refractivity contribution in [2.75, 3.05) is 18.9 Å². The number of amides is 1. The molecule has 2 unspecified atom stereocenters. The molecule has 1 aliphatic heterocycles. The molecule has 2 saturated carbocycles. The molecule has 0 radical (unpaired) electrons. The summed E-state index contributed by atoms with van der Waals surface area (Å²) in [6.07, 6.45) is 7.30. The molecule has 1 amide bonds. The van der Waals surface area contributed by atoms with Crippen molar-refractivity contribution < 1.29 is 9.53 Å². The van der Waals surface area contributed by atoms with Crippen molar-refractivity contribution in [3.8, 4) is 0 Å². The molecular weight excluding hydrogens is 324 g/mol. The van der Waals surface area contributed by atoms with Crippen LogP contribution < -0.4 is 0 Å². The van der Waals surface area contributed by atoms with Gasteiger partial charge in [-0.3, -0.25) is 4.79 Å². The Morgan fingerprint density at radius 1 is 1.25 bits per heavy atom. The van der Waals surface area contributed by atoms with Gasteiger partial charge in [-0.25, -0.2) is 0 Å². The van der Waals surface area contributed by atoms with Gasteiger partial charge in [0.2, 0.25) is 5.91 Å². The van der Waals surface area contributed by atoms with Crippen LogP contribution in [0.15, 0.2) is 5.16 Å². The van der Waals surface area contributed by atoms with Crippen molar-refractivity contribution in [2.45, 2.75) is 75.2 Å². The van der Waals surface area contributed by atoms with E-state index in [4.69, 9.17) is 4.74 Å². The van der Waals surface area contributed by atoms with Crippen molar-refractivity contribution in [2.24, 2.45) is 0 Å². The maximum Gasteiger partial charge on any atom is 0.233 e. The van der Waals surface area contributed by atoms with Gasteiger partial charge in [-0.15, -0.1) is 10.2 Å². The summed E-state index contributed by atoms with van der Waals surface area (Å²) in [6.45, 7) is 4.40. The minimum atomic E-state index is 0.221. The molecule has 2 heterocycles. The molecule has 0 spiro atoms. The Morgan fingerprint density at radius 2 is 2.08 bits per heavy atom. The number of thioether (sulfide) groups is 1. The van der Waals surface area contributed by atoms with Gasteiger partial charge in [0.1, 0.15) is 5.82 Å². The molecule has 3 aliphatic rings. The first-order valence-electron chi connectivity index (χ1n) is 9.25. The number of hydrogen-bond donors (Lipinski definition) is 0. The normalized spacial score (nSPS) is 27.1. The maximum atomic E-state index is 12.8. The number of carbonyl (C=O) groups excluding carboxylic acids is 1. The van der Waals surface area contributed by atoms with Crippen molar-refractivity contribution in [3.63, 3.8) is 0 Å². The minimum Gasteiger partial charge on any atom is -0.374 e. The van der Waals surface area contributed by atoms with Crippen LogP contribution in [-0.2, 0) is 16.1 Å². The van der Waals surface area contributed by atoms with Gasteiger partial charge in [0.05, 0.1) is 24.5 Å². The molecule has 6 nitrogen and oxygen atoms in total. The minimum absolute atomic E-state index is 0.221. The lowest BCUT2D eigenvalue weighted by atomic mass is 9.90. The SMILES string of the molecule is CCn1c(SCC(=O)N2CCOC3CCCCC32)nnc1C1CC1. The van der Waals surface area contributed by atoms with Gasteiger partial charge in [-0.05, 0) is 32.6 Å². The standard InChI is InChI=1S/C17H26N4O2S/c1-2-20-16(12-7-8-12)18-19-17(20)24-11-15(22)21-9-10-23-14-6-4-3-5-13(14)21/h12-14H,2-11H2,1H3. The molecule has 1 aromatic rings. The van der Waals surface area contributed by atoms with Gasteiger partial charge in [0, 0.05) is 19.0 Å². The number of hydrogen-bond acceptors (Lipinski definition) is 5. The predicted molar refractivity (Wildman–Crippen MR) is 92.1 cm³/mol. The van der Waals surface area contributed by atoms with Gasteiger partial charge in [-0.1, -0.05) is 24.6 Å². The summed E-state index contributed by atoms with van der Waals surface area (Å²) < 4.78 is 8.05. The summed E-state index contributed by atoms with van der Waals surface area (Å²) in [7, 11) is 0. The van der Waals surface area contributed by atoms with Crippen molar-refractivity contribution in [3.05, 3.63) is 5.82 Å². The summed E-state index contributed by atoms with van der Waals surface area (Å²) in [5, 5.41) is 9.57. The van der Waals surface area contributed by atoms with Crippen LogP contribution in [0.25, 0.3) is 0 Å². The molecule has 3 fully saturated rings. The van der Waals surface area contributed by atoms with Gasteiger partial charge in [0.25, 0.3) is 0 Å². The molecule has 2 aliphatic carbocycles. The average molecular weight is 350 g/mol. The van der Waals surface area contributed by atoms with E-state index in [2.05, 4.69) is 26.6 Å². The van der Waals surface area contributed by atoms with Gasteiger partial charge < -0.3 is 14.2 Å². The Balaban J connectivity index is 1.39. The first-order chi connectivity index (χ1) is 11.8. The molecule has 0 aromatic carbocycles. The molecule has 1 aromatic heterocycles. The smallest absolute Gasteiger partial charge is 0.233 e. The van der Waals surface area contributed by atoms with Crippen molar-refractivity contribution in [1.82, 2.24) is 19.7 Å². The molecule has 2 atom stereocenters. The Labute approximate surface area is 147 Å². The van der Waals surface area contributed by atoms with E-state index in [1.54, 1.807) is 0 Å². The summed E-state index contributed by atoms with van der Waals surface area (Å²) in [5.74, 6) is 2.36. The molecule has 4 rings (SSSR count). The number of rotatable bonds is 5. The van der Waals surface area contributed by atoms with E-state index in [9.17, 15) is 4.79 Å². The number of morpholine rings is 1. The highest BCUT2D eigenvalue weighted by Gasteiger charge is 2.36. The summed E-state index contributed by atoms with van der Waals surface area (Å²) >= 11 is 1.54. The van der Waals surface area contributed by atoms with E-state index < -0.39 is 0 Å². The lowest BCUT2D eigenvalue weighted by molar-refractivity contribution is -0.146. The molecule has 1 saturated heterocycles. The fourth-order valence-electron chi connectivity index (χ4n) is 3.96. The zero-order chi connectivity index (χ0) is 16.5. The Hall–Kier alpha value is -1.08. The average Bonchev–Trinajstić information content (AvgIpc) is 3.39. The van der Waals surface area contributed by atoms with Crippen LogP contribution in [0.2, 0.25) is 0 Å². The summed E-state index contributed by atoms with van der Waals surface area (Å²) in [6, 6.07) is 0.284. The van der Waals surface area contributed by atoms with E-state index in [1.807, 2.05) is 0 Å². The van der Waals surface area contributed by atoms with Crippen LogP contribution in [0, 0.1) is 0 Å². The van der Waals surface area contributed by atoms with Gasteiger partial charge >= 0.3 is 0 Å². The number of ether oxygens (including phenoxy) is 1. The number of carbonyl (C=O) groups is 1. The third-order valence-electron chi connectivity index (χ3n) is 5.38. The highest BCUT2D eigenvalue weighted by Crippen LogP contribution is 2.40. The Bertz CT molecular complexity index is 599. The third-order valence-corrected chi connectivity index (χ3v) is 6.33. The lowest BCUT2D eigenvalue weighted by Gasteiger charge is -2.43. The fraction of sp³-hybridized carbons (Fsp3) is 0.824. The summed E-state index contributed by atoms with van der Waals surface area (Å²) in [4.78, 5) is 14.8. The quantitative estimate of drug-likeness (QED) is 0.764. The van der Waals surface area contributed by atoms with E-state index in [0.29, 0.717) is 18.3 Å². The van der Waals surface area contributed by atoms with E-state index >= 15 is 0 Å². The van der Waals surface area contributed by atoms with E-state index in [-0.39, 0.29) is 18.1 Å². The largest absolute Gasteiger partial charge is 0.374 e. The fourth-order valence-corrected chi connectivity index (χ4v) is 4.86. The monoisotopic (exact) mass is 350 g/mol. The second kappa shape index (κ2) is 7.04. The zero-order valence-corrected chi connectivity index (χ0v) is 15.1. The molecule has 0 bridgehead atoms. The first-order valence-corrected chi connectivity index (χ1v) is 10.2. The Morgan fingerprint density at radius 3 is 2.88 bits per heavy atom. The van der Waals surface area contributed by atoms with Gasteiger partial charge in [-0.2, -0.15) is 0 Å². The van der Waals surface area contributed by atoms with Crippen molar-refractivity contribution in [1.29, 1.82) is 0 Å². The summed E-state index contributed by atoms with van der Waals surface area (Å²) in [5.41, 5.74) is 0. The van der Waals surface area contributed by atoms with Crippen LogP contribution in [0.1, 0.15) is 57.2 Å².